The van der Waals surface area contributed by atoms with Crippen molar-refractivity contribution in [2.75, 3.05) is 24.9 Å². The summed E-state index contributed by atoms with van der Waals surface area (Å²) in [4.78, 5) is 14.3. The molecule has 1 aliphatic carbocycles. The number of ether oxygens (including phenoxy) is 2. The third-order valence-electron chi connectivity index (χ3n) is 5.06. The Morgan fingerprint density at radius 3 is 2.59 bits per heavy atom. The van der Waals surface area contributed by atoms with Crippen LogP contribution in [0.5, 0.6) is 5.75 Å². The van der Waals surface area contributed by atoms with Crippen molar-refractivity contribution < 1.29 is 26.9 Å². The van der Waals surface area contributed by atoms with Crippen LogP contribution < -0.4 is 9.64 Å². The Balaban J connectivity index is 1.93. The second-order valence-electron chi connectivity index (χ2n) is 7.13. The van der Waals surface area contributed by atoms with Crippen molar-refractivity contribution in [2.24, 2.45) is 0 Å². The smallest absolute Gasteiger partial charge is 0.264 e. The normalized spacial score (nSPS) is 22.6. The summed E-state index contributed by atoms with van der Waals surface area (Å²) in [7, 11) is -2.19. The van der Waals surface area contributed by atoms with Crippen LogP contribution in [0.4, 0.5) is 5.69 Å². The Kier molecular flexibility index (Phi) is 6.63. The lowest BCUT2D eigenvalue weighted by Gasteiger charge is -2.49. The fraction of sp³-hybridized carbons (Fsp3) is 0.476. The molecule has 3 atom stereocenters. The Bertz CT molecular complexity index is 915. The van der Waals surface area contributed by atoms with Crippen molar-refractivity contribution in [3.63, 3.8) is 0 Å². The first-order valence-electron chi connectivity index (χ1n) is 9.42. The number of carbonyl (C=O) groups is 1. The van der Waals surface area contributed by atoms with E-state index in [0.29, 0.717) is 17.9 Å². The van der Waals surface area contributed by atoms with Gasteiger partial charge in [0.15, 0.2) is 6.10 Å². The zero-order chi connectivity index (χ0) is 21.0. The molecule has 29 heavy (non-hydrogen) atoms. The molecule has 3 rings (SSSR count). The number of amides is 1. The van der Waals surface area contributed by atoms with Gasteiger partial charge in [-0.2, -0.15) is 8.42 Å². The van der Waals surface area contributed by atoms with Gasteiger partial charge < -0.3 is 14.4 Å². The van der Waals surface area contributed by atoms with Gasteiger partial charge in [-0.1, -0.05) is 17.6 Å². The molecule has 1 aromatic rings. The highest BCUT2D eigenvalue weighted by molar-refractivity contribution is 7.86. The maximum atomic E-state index is 12.8. The molecule has 2 aliphatic rings. The second kappa shape index (κ2) is 8.99. The van der Waals surface area contributed by atoms with Crippen LogP contribution in [0.15, 0.2) is 35.9 Å². The van der Waals surface area contributed by atoms with E-state index in [1.54, 1.807) is 31.4 Å². The average molecular weight is 419 g/mol. The van der Waals surface area contributed by atoms with Crippen LogP contribution in [0.2, 0.25) is 0 Å². The van der Waals surface area contributed by atoms with E-state index in [9.17, 15) is 13.2 Å². The van der Waals surface area contributed by atoms with Gasteiger partial charge in [0.05, 0.1) is 13.4 Å². The molecule has 1 aromatic carbocycles. The quantitative estimate of drug-likeness (QED) is 0.264. The molecule has 8 heteroatoms. The SMILES string of the molecule is C#CCO[C@H]1C(=O)N(c2ccc(OC)cc2)[C@H]1[C@@H](CC1=CCCC1)OS(C)(=O)=O. The highest BCUT2D eigenvalue weighted by Crippen LogP contribution is 2.37. The van der Waals surface area contributed by atoms with E-state index in [1.165, 1.54) is 4.90 Å². The van der Waals surface area contributed by atoms with Gasteiger partial charge in [-0.05, 0) is 49.9 Å². The minimum atomic E-state index is -3.74. The van der Waals surface area contributed by atoms with Gasteiger partial charge in [0.2, 0.25) is 0 Å². The molecular formula is C21H25NO6S. The molecule has 1 amide bonds. The van der Waals surface area contributed by atoms with Gasteiger partial charge in [-0.25, -0.2) is 0 Å². The second-order valence-corrected chi connectivity index (χ2v) is 8.73. The van der Waals surface area contributed by atoms with Gasteiger partial charge in [-0.3, -0.25) is 8.98 Å². The summed E-state index contributed by atoms with van der Waals surface area (Å²) in [5.41, 5.74) is 1.74. The largest absolute Gasteiger partial charge is 0.497 e. The van der Waals surface area contributed by atoms with Gasteiger partial charge in [0.1, 0.15) is 24.5 Å². The van der Waals surface area contributed by atoms with Gasteiger partial charge in [-0.15, -0.1) is 6.42 Å². The summed E-state index contributed by atoms with van der Waals surface area (Å²) in [6.07, 6.45) is 10.1. The van der Waals surface area contributed by atoms with Crippen LogP contribution in [0.25, 0.3) is 0 Å². The number of β-lactam (4-membered cyclic amide) rings is 1. The van der Waals surface area contributed by atoms with Crippen molar-refractivity contribution in [1.29, 1.82) is 0 Å². The molecule has 0 bridgehead atoms. The molecule has 156 valence electrons. The lowest BCUT2D eigenvalue weighted by molar-refractivity contribution is -0.144. The van der Waals surface area contributed by atoms with E-state index >= 15 is 0 Å². The molecule has 0 aromatic heterocycles. The fourth-order valence-electron chi connectivity index (χ4n) is 3.81. The highest BCUT2D eigenvalue weighted by atomic mass is 32.2. The maximum absolute atomic E-state index is 12.8. The number of rotatable bonds is 9. The van der Waals surface area contributed by atoms with Gasteiger partial charge in [0, 0.05) is 5.69 Å². The maximum Gasteiger partial charge on any atom is 0.264 e. The number of terminal acetylenes is 1. The van der Waals surface area contributed by atoms with Crippen LogP contribution in [0, 0.1) is 12.3 Å². The van der Waals surface area contributed by atoms with Gasteiger partial charge in [0.25, 0.3) is 16.0 Å². The van der Waals surface area contributed by atoms with Crippen LogP contribution in [0.3, 0.4) is 0 Å². The van der Waals surface area contributed by atoms with Crippen molar-refractivity contribution in [2.45, 2.75) is 43.9 Å². The fourth-order valence-corrected chi connectivity index (χ4v) is 4.44. The number of hydrogen-bond acceptors (Lipinski definition) is 6. The first kappa shape index (κ1) is 21.4. The van der Waals surface area contributed by atoms with Crippen molar-refractivity contribution >= 4 is 21.7 Å². The first-order valence-corrected chi connectivity index (χ1v) is 11.2. The molecule has 0 spiro atoms. The van der Waals surface area contributed by atoms with Crippen LogP contribution >= 0.6 is 0 Å². The van der Waals surface area contributed by atoms with Crippen LogP contribution in [-0.4, -0.2) is 52.5 Å². The number of hydrogen-bond donors (Lipinski definition) is 0. The lowest BCUT2D eigenvalue weighted by atomic mass is 9.88. The van der Waals surface area contributed by atoms with E-state index in [4.69, 9.17) is 20.1 Å². The van der Waals surface area contributed by atoms with E-state index in [1.807, 2.05) is 0 Å². The summed E-state index contributed by atoms with van der Waals surface area (Å²) in [5, 5.41) is 0. The minimum absolute atomic E-state index is 0.0440. The summed E-state index contributed by atoms with van der Waals surface area (Å²) >= 11 is 0. The molecule has 7 nitrogen and oxygen atoms in total. The Morgan fingerprint density at radius 1 is 1.31 bits per heavy atom. The number of anilines is 1. The molecular weight excluding hydrogens is 394 g/mol. The summed E-state index contributed by atoms with van der Waals surface area (Å²) in [5.74, 6) is 2.73. The summed E-state index contributed by atoms with van der Waals surface area (Å²) < 4.78 is 40.1. The Labute approximate surface area is 171 Å². The number of carbonyl (C=O) groups excluding carboxylic acids is 1. The number of methoxy groups -OCH3 is 1. The first-order chi connectivity index (χ1) is 13.8. The molecule has 1 aliphatic heterocycles. The molecule has 0 N–H and O–H groups in total. The predicted molar refractivity (Wildman–Crippen MR) is 109 cm³/mol. The number of nitrogens with zero attached hydrogens (tertiary/aromatic N) is 1. The van der Waals surface area contributed by atoms with E-state index in [0.717, 1.165) is 31.1 Å². The van der Waals surface area contributed by atoms with E-state index < -0.39 is 28.4 Å². The zero-order valence-corrected chi connectivity index (χ0v) is 17.4. The molecule has 1 fully saturated rings. The lowest BCUT2D eigenvalue weighted by Crippen LogP contribution is -2.71. The van der Waals surface area contributed by atoms with Crippen molar-refractivity contribution in [3.8, 4) is 18.1 Å². The summed E-state index contributed by atoms with van der Waals surface area (Å²) in [6.45, 7) is -0.0440. The molecule has 1 heterocycles. The third kappa shape index (κ3) is 4.99. The average Bonchev–Trinajstić information content (AvgIpc) is 3.18. The Morgan fingerprint density at radius 2 is 2.03 bits per heavy atom. The zero-order valence-electron chi connectivity index (χ0n) is 16.5. The Hall–Kier alpha value is -2.34. The minimum Gasteiger partial charge on any atom is -0.497 e. The highest BCUT2D eigenvalue weighted by Gasteiger charge is 2.54. The monoisotopic (exact) mass is 419 g/mol. The van der Waals surface area contributed by atoms with Crippen molar-refractivity contribution in [3.05, 3.63) is 35.9 Å². The standard InChI is InChI=1S/C21H25NO6S/c1-4-13-27-20-19(18(28-29(3,24)25)14-15-7-5-6-8-15)22(21(20)23)16-9-11-17(26-2)12-10-16/h1,7,9-12,18-20H,5-6,8,13-14H2,2-3H3/t18-,19+,20-/m1/s1. The van der Waals surface area contributed by atoms with E-state index in [-0.39, 0.29) is 12.5 Å². The molecule has 0 saturated carbocycles. The molecule has 0 radical (unpaired) electrons. The number of allylic oxidation sites excluding steroid dienone is 1. The third-order valence-corrected chi connectivity index (χ3v) is 5.66. The van der Waals surface area contributed by atoms with Crippen LogP contribution in [0.1, 0.15) is 25.7 Å². The topological polar surface area (TPSA) is 82.1 Å². The molecule has 1 saturated heterocycles. The van der Waals surface area contributed by atoms with Crippen LogP contribution in [-0.2, 0) is 23.8 Å². The van der Waals surface area contributed by atoms with E-state index in [2.05, 4.69) is 12.0 Å². The number of benzene rings is 1. The molecule has 0 unspecified atom stereocenters. The van der Waals surface area contributed by atoms with Gasteiger partial charge >= 0.3 is 0 Å². The van der Waals surface area contributed by atoms with Crippen molar-refractivity contribution in [1.82, 2.24) is 0 Å². The predicted octanol–water partition coefficient (Wildman–Crippen LogP) is 2.27. The summed E-state index contributed by atoms with van der Waals surface area (Å²) in [6, 6.07) is 6.35.